The minimum absolute atomic E-state index is 0.0307. The van der Waals surface area contributed by atoms with E-state index in [1.54, 1.807) is 25.7 Å². The van der Waals surface area contributed by atoms with Crippen LogP contribution >= 0.6 is 0 Å². The van der Waals surface area contributed by atoms with Gasteiger partial charge in [-0.25, -0.2) is 4.79 Å². The number of nitrogens with zero attached hydrogens (tertiary/aromatic N) is 1. The van der Waals surface area contributed by atoms with Gasteiger partial charge in [-0.05, 0) is 38.3 Å². The van der Waals surface area contributed by atoms with Crippen LogP contribution in [0.4, 0.5) is 4.79 Å². The highest BCUT2D eigenvalue weighted by Crippen LogP contribution is 2.18. The van der Waals surface area contributed by atoms with Crippen LogP contribution in [0.3, 0.4) is 0 Å². The number of rotatable bonds is 2. The van der Waals surface area contributed by atoms with E-state index in [0.717, 1.165) is 6.42 Å². The van der Waals surface area contributed by atoms with E-state index < -0.39 is 11.7 Å². The molecule has 0 saturated heterocycles. The topological polar surface area (TPSA) is 58.6 Å². The van der Waals surface area contributed by atoms with Crippen LogP contribution in [-0.4, -0.2) is 35.6 Å². The summed E-state index contributed by atoms with van der Waals surface area (Å²) in [6.45, 7) is 6.62. The van der Waals surface area contributed by atoms with Gasteiger partial charge in [0.05, 0.1) is 0 Å². The Morgan fingerprint density at radius 3 is 2.57 bits per heavy atom. The summed E-state index contributed by atoms with van der Waals surface area (Å²) < 4.78 is 5.11. The van der Waals surface area contributed by atoms with Gasteiger partial charge in [-0.3, -0.25) is 4.79 Å². The third kappa shape index (κ3) is 4.48. The van der Waals surface area contributed by atoms with E-state index in [0.29, 0.717) is 13.1 Å². The SMILES string of the molecule is CC(C)(C)OC(=O)NCC(=O)N1CCc2ccccc2C1. The molecule has 21 heavy (non-hydrogen) atoms. The lowest BCUT2D eigenvalue weighted by Crippen LogP contribution is -2.43. The van der Waals surface area contributed by atoms with Gasteiger partial charge in [0.25, 0.3) is 0 Å². The average Bonchev–Trinajstić information content (AvgIpc) is 2.42. The summed E-state index contributed by atoms with van der Waals surface area (Å²) in [5.74, 6) is -0.0876. The van der Waals surface area contributed by atoms with Crippen molar-refractivity contribution in [2.75, 3.05) is 13.1 Å². The molecule has 0 atom stereocenters. The number of alkyl carbamates (subject to hydrolysis) is 1. The van der Waals surface area contributed by atoms with Gasteiger partial charge < -0.3 is 15.0 Å². The molecule has 5 nitrogen and oxygen atoms in total. The molecule has 5 heteroatoms. The molecule has 1 N–H and O–H groups in total. The molecule has 0 spiro atoms. The van der Waals surface area contributed by atoms with Crippen molar-refractivity contribution in [2.45, 2.75) is 39.3 Å². The molecule has 0 saturated carbocycles. The van der Waals surface area contributed by atoms with E-state index in [9.17, 15) is 9.59 Å². The first-order valence-electron chi connectivity index (χ1n) is 7.16. The van der Waals surface area contributed by atoms with Crippen molar-refractivity contribution in [1.29, 1.82) is 0 Å². The standard InChI is InChI=1S/C16H22N2O3/c1-16(2,3)21-15(20)17-10-14(19)18-9-8-12-6-4-5-7-13(12)11-18/h4-7H,8-11H2,1-3H3,(H,17,20). The summed E-state index contributed by atoms with van der Waals surface area (Å²) >= 11 is 0. The highest BCUT2D eigenvalue weighted by atomic mass is 16.6. The van der Waals surface area contributed by atoms with Crippen LogP contribution in [0.2, 0.25) is 0 Å². The number of carbonyl (C=O) groups excluding carboxylic acids is 2. The predicted molar refractivity (Wildman–Crippen MR) is 79.8 cm³/mol. The summed E-state index contributed by atoms with van der Waals surface area (Å²) in [5.41, 5.74) is 1.91. The lowest BCUT2D eigenvalue weighted by Gasteiger charge is -2.29. The van der Waals surface area contributed by atoms with Gasteiger partial charge in [0.1, 0.15) is 12.1 Å². The van der Waals surface area contributed by atoms with E-state index in [2.05, 4.69) is 11.4 Å². The minimum Gasteiger partial charge on any atom is -0.444 e. The molecule has 1 aromatic carbocycles. The zero-order valence-electron chi connectivity index (χ0n) is 12.8. The Morgan fingerprint density at radius 1 is 1.24 bits per heavy atom. The number of fused-ring (bicyclic) bond motifs is 1. The van der Waals surface area contributed by atoms with Crippen molar-refractivity contribution in [2.24, 2.45) is 0 Å². The molecule has 1 heterocycles. The lowest BCUT2D eigenvalue weighted by molar-refractivity contribution is -0.131. The molecule has 114 valence electrons. The fraction of sp³-hybridized carbons (Fsp3) is 0.500. The van der Waals surface area contributed by atoms with Crippen LogP contribution in [0, 0.1) is 0 Å². The maximum Gasteiger partial charge on any atom is 0.408 e. The summed E-state index contributed by atoms with van der Waals surface area (Å²) in [5, 5.41) is 2.51. The lowest BCUT2D eigenvalue weighted by atomic mass is 10.00. The van der Waals surface area contributed by atoms with Crippen molar-refractivity contribution in [3.8, 4) is 0 Å². The summed E-state index contributed by atoms with van der Waals surface area (Å²) in [6, 6.07) is 8.12. The van der Waals surface area contributed by atoms with Gasteiger partial charge in [-0.15, -0.1) is 0 Å². The van der Waals surface area contributed by atoms with Crippen LogP contribution in [0.25, 0.3) is 0 Å². The number of nitrogens with one attached hydrogen (secondary N) is 1. The summed E-state index contributed by atoms with van der Waals surface area (Å²) in [7, 11) is 0. The molecular formula is C16H22N2O3. The fourth-order valence-corrected chi connectivity index (χ4v) is 2.28. The number of hydrogen-bond acceptors (Lipinski definition) is 3. The zero-order chi connectivity index (χ0) is 15.5. The van der Waals surface area contributed by atoms with Crippen molar-refractivity contribution in [1.82, 2.24) is 10.2 Å². The molecule has 0 fully saturated rings. The van der Waals surface area contributed by atoms with Gasteiger partial charge in [-0.2, -0.15) is 0 Å². The number of hydrogen-bond donors (Lipinski definition) is 1. The van der Waals surface area contributed by atoms with Crippen LogP contribution in [0.5, 0.6) is 0 Å². The van der Waals surface area contributed by atoms with Gasteiger partial charge >= 0.3 is 6.09 Å². The van der Waals surface area contributed by atoms with E-state index in [-0.39, 0.29) is 12.5 Å². The second kappa shape index (κ2) is 6.16. The Bertz CT molecular complexity index is 535. The van der Waals surface area contributed by atoms with Gasteiger partial charge in [0.15, 0.2) is 0 Å². The van der Waals surface area contributed by atoms with Crippen LogP contribution in [-0.2, 0) is 22.5 Å². The number of benzene rings is 1. The second-order valence-electron chi connectivity index (χ2n) is 6.19. The predicted octanol–water partition coefficient (Wildman–Crippen LogP) is 2.10. The van der Waals surface area contributed by atoms with E-state index in [1.807, 2.05) is 18.2 Å². The fourth-order valence-electron chi connectivity index (χ4n) is 2.28. The highest BCUT2D eigenvalue weighted by Gasteiger charge is 2.22. The Balaban J connectivity index is 1.84. The molecule has 0 radical (unpaired) electrons. The number of amides is 2. The minimum atomic E-state index is -0.562. The molecule has 2 amide bonds. The second-order valence-corrected chi connectivity index (χ2v) is 6.19. The van der Waals surface area contributed by atoms with E-state index in [4.69, 9.17) is 4.74 Å². The molecule has 1 aromatic rings. The summed E-state index contributed by atoms with van der Waals surface area (Å²) in [4.78, 5) is 25.4. The first-order valence-corrected chi connectivity index (χ1v) is 7.16. The smallest absolute Gasteiger partial charge is 0.408 e. The first kappa shape index (κ1) is 15.4. The third-order valence-electron chi connectivity index (χ3n) is 3.27. The third-order valence-corrected chi connectivity index (χ3v) is 3.27. The average molecular weight is 290 g/mol. The Morgan fingerprint density at radius 2 is 1.90 bits per heavy atom. The maximum atomic E-state index is 12.1. The zero-order valence-corrected chi connectivity index (χ0v) is 12.8. The highest BCUT2D eigenvalue weighted by molar-refractivity contribution is 5.82. The van der Waals surface area contributed by atoms with Crippen molar-refractivity contribution < 1.29 is 14.3 Å². The van der Waals surface area contributed by atoms with E-state index >= 15 is 0 Å². The molecule has 0 aromatic heterocycles. The van der Waals surface area contributed by atoms with Crippen LogP contribution in [0.1, 0.15) is 31.9 Å². The Labute approximate surface area is 125 Å². The molecule has 1 aliphatic rings. The van der Waals surface area contributed by atoms with Crippen molar-refractivity contribution in [3.63, 3.8) is 0 Å². The molecule has 0 unspecified atom stereocenters. The van der Waals surface area contributed by atoms with Crippen molar-refractivity contribution >= 4 is 12.0 Å². The molecule has 0 bridgehead atoms. The largest absolute Gasteiger partial charge is 0.444 e. The van der Waals surface area contributed by atoms with Gasteiger partial charge in [0.2, 0.25) is 5.91 Å². The molecule has 1 aliphatic heterocycles. The number of carbonyl (C=O) groups is 2. The maximum absolute atomic E-state index is 12.1. The molecule has 2 rings (SSSR count). The van der Waals surface area contributed by atoms with E-state index in [1.165, 1.54) is 11.1 Å². The van der Waals surface area contributed by atoms with Crippen molar-refractivity contribution in [3.05, 3.63) is 35.4 Å². The first-order chi connectivity index (χ1) is 9.85. The Kier molecular flexibility index (Phi) is 4.50. The monoisotopic (exact) mass is 290 g/mol. The molecular weight excluding hydrogens is 268 g/mol. The van der Waals surface area contributed by atoms with Gasteiger partial charge in [0, 0.05) is 13.1 Å². The summed E-state index contributed by atoms with van der Waals surface area (Å²) in [6.07, 6.45) is 0.294. The number of ether oxygens (including phenoxy) is 1. The quantitative estimate of drug-likeness (QED) is 0.907. The van der Waals surface area contributed by atoms with Crippen LogP contribution < -0.4 is 5.32 Å². The van der Waals surface area contributed by atoms with Crippen LogP contribution in [0.15, 0.2) is 24.3 Å². The van der Waals surface area contributed by atoms with Gasteiger partial charge in [-0.1, -0.05) is 24.3 Å². The normalized spacial score (nSPS) is 14.3. The molecule has 0 aliphatic carbocycles. The Hall–Kier alpha value is -2.04.